The van der Waals surface area contributed by atoms with Gasteiger partial charge in [-0.3, -0.25) is 4.79 Å². The summed E-state index contributed by atoms with van der Waals surface area (Å²) in [6.07, 6.45) is 1.47. The van der Waals surface area contributed by atoms with E-state index in [0.29, 0.717) is 22.2 Å². The Kier molecular flexibility index (Phi) is 4.85. The van der Waals surface area contributed by atoms with Crippen LogP contribution in [0.15, 0.2) is 48.8 Å². The molecule has 0 saturated heterocycles. The number of hydrogen-bond acceptors (Lipinski definition) is 5. The van der Waals surface area contributed by atoms with Crippen molar-refractivity contribution < 1.29 is 14.3 Å². The van der Waals surface area contributed by atoms with Gasteiger partial charge in [0.05, 0.1) is 30.6 Å². The Bertz CT molecular complexity index is 896. The van der Waals surface area contributed by atoms with Gasteiger partial charge in [-0.15, -0.1) is 5.10 Å². The molecule has 0 aliphatic heterocycles. The third-order valence-electron chi connectivity index (χ3n) is 3.44. The number of aromatic nitrogens is 3. The van der Waals surface area contributed by atoms with E-state index in [1.54, 1.807) is 12.1 Å². The van der Waals surface area contributed by atoms with Gasteiger partial charge < -0.3 is 14.8 Å². The number of rotatable bonds is 5. The van der Waals surface area contributed by atoms with E-state index in [2.05, 4.69) is 15.4 Å². The molecule has 0 aliphatic rings. The van der Waals surface area contributed by atoms with Gasteiger partial charge in [-0.2, -0.15) is 0 Å². The predicted octanol–water partition coefficient (Wildman–Crippen LogP) is 3.19. The van der Waals surface area contributed by atoms with Gasteiger partial charge in [0.1, 0.15) is 17.8 Å². The van der Waals surface area contributed by atoms with Crippen molar-refractivity contribution in [1.82, 2.24) is 14.8 Å². The quantitative estimate of drug-likeness (QED) is 0.757. The lowest BCUT2D eigenvalue weighted by Gasteiger charge is -2.12. The minimum absolute atomic E-state index is 0.0258. The first kappa shape index (κ1) is 16.8. The number of hydrogen-bond donors (Lipinski definition) is 1. The van der Waals surface area contributed by atoms with E-state index < -0.39 is 5.91 Å². The maximum atomic E-state index is 12.4. The fourth-order valence-corrected chi connectivity index (χ4v) is 2.45. The summed E-state index contributed by atoms with van der Waals surface area (Å²) in [4.78, 5) is 16.5. The molecule has 0 fully saturated rings. The van der Waals surface area contributed by atoms with Gasteiger partial charge in [0.25, 0.3) is 5.91 Å². The molecule has 8 heteroatoms. The molecule has 128 valence electrons. The maximum Gasteiger partial charge on any atom is 0.295 e. The van der Waals surface area contributed by atoms with Crippen LogP contribution in [-0.4, -0.2) is 34.9 Å². The number of amides is 1. The van der Waals surface area contributed by atoms with E-state index in [-0.39, 0.29) is 5.82 Å². The highest BCUT2D eigenvalue weighted by Crippen LogP contribution is 2.35. The molecule has 3 aromatic rings. The first-order chi connectivity index (χ1) is 12.1. The van der Waals surface area contributed by atoms with Crippen LogP contribution in [0.4, 0.5) is 5.69 Å². The minimum Gasteiger partial charge on any atom is -0.495 e. The first-order valence-corrected chi connectivity index (χ1v) is 7.70. The smallest absolute Gasteiger partial charge is 0.295 e. The number of carbonyl (C=O) groups excluding carboxylic acids is 1. The number of halogens is 1. The van der Waals surface area contributed by atoms with Gasteiger partial charge >= 0.3 is 0 Å². The summed E-state index contributed by atoms with van der Waals surface area (Å²) < 4.78 is 11.9. The highest BCUT2D eigenvalue weighted by atomic mass is 35.5. The minimum atomic E-state index is -0.478. The molecular formula is C17H15ClN4O3. The number of nitrogens with one attached hydrogen (secondary N) is 1. The number of nitrogens with zero attached hydrogens (tertiary/aromatic N) is 3. The Morgan fingerprint density at radius 1 is 1.12 bits per heavy atom. The van der Waals surface area contributed by atoms with Crippen LogP contribution in [0.2, 0.25) is 5.02 Å². The van der Waals surface area contributed by atoms with Crippen LogP contribution in [0.5, 0.6) is 11.5 Å². The van der Waals surface area contributed by atoms with Crippen molar-refractivity contribution in [3.63, 3.8) is 0 Å². The van der Waals surface area contributed by atoms with Gasteiger partial charge in [-0.05, 0) is 18.2 Å². The fourth-order valence-electron chi connectivity index (χ4n) is 2.21. The van der Waals surface area contributed by atoms with Crippen molar-refractivity contribution >= 4 is 23.2 Å². The highest BCUT2D eigenvalue weighted by Gasteiger charge is 2.16. The molecule has 0 aliphatic carbocycles. The second kappa shape index (κ2) is 7.23. The zero-order valence-corrected chi connectivity index (χ0v) is 14.3. The summed E-state index contributed by atoms with van der Waals surface area (Å²) >= 11 is 6.10. The lowest BCUT2D eigenvalue weighted by molar-refractivity contribution is 0.101. The van der Waals surface area contributed by atoms with Crippen molar-refractivity contribution in [2.24, 2.45) is 0 Å². The zero-order chi connectivity index (χ0) is 17.8. The maximum absolute atomic E-state index is 12.4. The SMILES string of the molecule is COc1cc(OC)c(NC(=O)c2ncn(-c3ccccc3)n2)cc1Cl. The summed E-state index contributed by atoms with van der Waals surface area (Å²) in [6, 6.07) is 12.5. The molecule has 3 rings (SSSR count). The lowest BCUT2D eigenvalue weighted by atomic mass is 10.2. The molecule has 0 saturated carbocycles. The first-order valence-electron chi connectivity index (χ1n) is 7.32. The second-order valence-corrected chi connectivity index (χ2v) is 5.40. The monoisotopic (exact) mass is 358 g/mol. The van der Waals surface area contributed by atoms with Crippen LogP contribution in [0.25, 0.3) is 5.69 Å². The summed E-state index contributed by atoms with van der Waals surface area (Å²) in [5, 5.41) is 7.22. The average Bonchev–Trinajstić information content (AvgIpc) is 3.13. The number of methoxy groups -OCH3 is 2. The molecule has 0 unspecified atom stereocenters. The third kappa shape index (κ3) is 3.56. The van der Waals surface area contributed by atoms with Crippen LogP contribution in [0.3, 0.4) is 0 Å². The second-order valence-electron chi connectivity index (χ2n) is 4.99. The van der Waals surface area contributed by atoms with Gasteiger partial charge in [-0.1, -0.05) is 29.8 Å². The van der Waals surface area contributed by atoms with Crippen LogP contribution in [0.1, 0.15) is 10.6 Å². The number of carbonyl (C=O) groups is 1. The molecule has 0 radical (unpaired) electrons. The molecule has 0 spiro atoms. The van der Waals surface area contributed by atoms with Gasteiger partial charge in [0.15, 0.2) is 0 Å². The standard InChI is InChI=1S/C17H15ClN4O3/c1-24-14-9-15(25-2)13(8-12(14)18)20-17(23)16-19-10-22(21-16)11-6-4-3-5-7-11/h3-10H,1-2H3,(H,20,23). The van der Waals surface area contributed by atoms with Gasteiger partial charge in [0, 0.05) is 6.07 Å². The Morgan fingerprint density at radius 2 is 1.84 bits per heavy atom. The largest absolute Gasteiger partial charge is 0.495 e. The molecule has 1 amide bonds. The Balaban J connectivity index is 1.84. The highest BCUT2D eigenvalue weighted by molar-refractivity contribution is 6.32. The Hall–Kier alpha value is -3.06. The summed E-state index contributed by atoms with van der Waals surface area (Å²) in [5.41, 5.74) is 1.20. The molecule has 7 nitrogen and oxygen atoms in total. The van der Waals surface area contributed by atoms with Crippen molar-refractivity contribution in [3.8, 4) is 17.2 Å². The number of para-hydroxylation sites is 1. The lowest BCUT2D eigenvalue weighted by Crippen LogP contribution is -2.15. The van der Waals surface area contributed by atoms with E-state index in [0.717, 1.165) is 5.69 Å². The van der Waals surface area contributed by atoms with E-state index >= 15 is 0 Å². The van der Waals surface area contributed by atoms with Gasteiger partial charge in [-0.25, -0.2) is 9.67 Å². The molecular weight excluding hydrogens is 344 g/mol. The van der Waals surface area contributed by atoms with Crippen LogP contribution in [-0.2, 0) is 0 Å². The van der Waals surface area contributed by atoms with Gasteiger partial charge in [0.2, 0.25) is 5.82 Å². The summed E-state index contributed by atoms with van der Waals surface area (Å²) in [7, 11) is 2.99. The van der Waals surface area contributed by atoms with Crippen molar-refractivity contribution in [2.45, 2.75) is 0 Å². The van der Waals surface area contributed by atoms with E-state index in [1.165, 1.54) is 25.2 Å². The van der Waals surface area contributed by atoms with Crippen molar-refractivity contribution in [1.29, 1.82) is 0 Å². The van der Waals surface area contributed by atoms with E-state index in [4.69, 9.17) is 21.1 Å². The summed E-state index contributed by atoms with van der Waals surface area (Å²) in [5.74, 6) is 0.409. The Labute approximate surface area is 149 Å². The van der Waals surface area contributed by atoms with E-state index in [1.807, 2.05) is 30.3 Å². The van der Waals surface area contributed by atoms with E-state index in [9.17, 15) is 4.79 Å². The number of benzene rings is 2. The van der Waals surface area contributed by atoms with Crippen molar-refractivity contribution in [3.05, 3.63) is 59.6 Å². The number of ether oxygens (including phenoxy) is 2. The summed E-state index contributed by atoms with van der Waals surface area (Å²) in [6.45, 7) is 0. The molecule has 1 heterocycles. The number of anilines is 1. The van der Waals surface area contributed by atoms with Crippen LogP contribution >= 0.6 is 11.6 Å². The fraction of sp³-hybridized carbons (Fsp3) is 0.118. The molecule has 1 N–H and O–H groups in total. The molecule has 1 aromatic heterocycles. The predicted molar refractivity (Wildman–Crippen MR) is 93.9 cm³/mol. The Morgan fingerprint density at radius 3 is 2.52 bits per heavy atom. The van der Waals surface area contributed by atoms with Crippen LogP contribution in [0, 0.1) is 0 Å². The third-order valence-corrected chi connectivity index (χ3v) is 3.73. The zero-order valence-electron chi connectivity index (χ0n) is 13.6. The topological polar surface area (TPSA) is 78.3 Å². The van der Waals surface area contributed by atoms with Crippen molar-refractivity contribution in [2.75, 3.05) is 19.5 Å². The molecule has 2 aromatic carbocycles. The van der Waals surface area contributed by atoms with Crippen LogP contribution < -0.4 is 14.8 Å². The molecule has 25 heavy (non-hydrogen) atoms. The molecule has 0 bridgehead atoms. The molecule has 0 atom stereocenters. The normalized spacial score (nSPS) is 10.4. The average molecular weight is 359 g/mol.